The zero-order chi connectivity index (χ0) is 14.6. The van der Waals surface area contributed by atoms with Gasteiger partial charge in [0, 0.05) is 25.3 Å². The van der Waals surface area contributed by atoms with E-state index in [9.17, 15) is 0 Å². The highest BCUT2D eigenvalue weighted by atomic mass is 35.5. The van der Waals surface area contributed by atoms with E-state index < -0.39 is 0 Å². The molecule has 106 valence electrons. The van der Waals surface area contributed by atoms with Crippen LogP contribution in [0.4, 0.5) is 5.82 Å². The summed E-state index contributed by atoms with van der Waals surface area (Å²) >= 11 is 6.06. The molecule has 0 aliphatic carbocycles. The van der Waals surface area contributed by atoms with E-state index in [0.717, 1.165) is 5.56 Å². The summed E-state index contributed by atoms with van der Waals surface area (Å²) in [6, 6.07) is 11.5. The van der Waals surface area contributed by atoms with Gasteiger partial charge in [0.2, 0.25) is 0 Å². The summed E-state index contributed by atoms with van der Waals surface area (Å²) in [5, 5.41) is 3.64. The van der Waals surface area contributed by atoms with Gasteiger partial charge in [0.1, 0.15) is 11.0 Å². The van der Waals surface area contributed by atoms with Gasteiger partial charge in [-0.2, -0.15) is 0 Å². The van der Waals surface area contributed by atoms with Gasteiger partial charge in [0.25, 0.3) is 0 Å². The van der Waals surface area contributed by atoms with Gasteiger partial charge in [-0.15, -0.1) is 0 Å². The Balaban J connectivity index is 2.21. The highest BCUT2D eigenvalue weighted by Crippen LogP contribution is 2.20. The molecular weight excluding hydrogens is 274 g/mol. The Kier molecular flexibility index (Phi) is 4.57. The molecule has 0 aliphatic heterocycles. The summed E-state index contributed by atoms with van der Waals surface area (Å²) < 4.78 is 5.37. The smallest absolute Gasteiger partial charge is 0.163 e. The molecule has 0 saturated carbocycles. The van der Waals surface area contributed by atoms with Crippen LogP contribution in [0.2, 0.25) is 5.15 Å². The second kappa shape index (κ2) is 6.20. The Morgan fingerprint density at radius 3 is 2.55 bits per heavy atom. The summed E-state index contributed by atoms with van der Waals surface area (Å²) in [6.45, 7) is 4.63. The molecule has 0 amide bonds. The maximum atomic E-state index is 6.06. The lowest BCUT2D eigenvalue weighted by Crippen LogP contribution is -2.32. The predicted molar refractivity (Wildman–Crippen MR) is 82.1 cm³/mol. The first-order valence-electron chi connectivity index (χ1n) is 6.39. The number of nitrogens with zero attached hydrogens (tertiary/aromatic N) is 2. The zero-order valence-corrected chi connectivity index (χ0v) is 12.6. The van der Waals surface area contributed by atoms with Gasteiger partial charge < -0.3 is 10.1 Å². The van der Waals surface area contributed by atoms with Crippen molar-refractivity contribution in [2.45, 2.75) is 19.4 Å². The number of ether oxygens (including phenoxy) is 1. The molecule has 1 aromatic carbocycles. The standard InChI is InChI=1S/C15H18ClN3O/c1-15(2,20-3)10-17-13-9-12(16)18-14(19-13)11-7-5-4-6-8-11/h4-9H,10H2,1-3H3,(H,17,18,19). The van der Waals surface area contributed by atoms with Crippen molar-refractivity contribution in [3.8, 4) is 11.4 Å². The molecule has 1 aromatic heterocycles. The fraction of sp³-hybridized carbons (Fsp3) is 0.333. The Morgan fingerprint density at radius 2 is 1.90 bits per heavy atom. The van der Waals surface area contributed by atoms with Gasteiger partial charge in [-0.3, -0.25) is 0 Å². The topological polar surface area (TPSA) is 47.0 Å². The molecule has 1 N–H and O–H groups in total. The van der Waals surface area contributed by atoms with Crippen LogP contribution in [0.5, 0.6) is 0 Å². The molecule has 0 unspecified atom stereocenters. The number of benzene rings is 1. The van der Waals surface area contributed by atoms with E-state index in [1.807, 2.05) is 44.2 Å². The lowest BCUT2D eigenvalue weighted by Gasteiger charge is -2.23. The van der Waals surface area contributed by atoms with Crippen LogP contribution in [0.1, 0.15) is 13.8 Å². The van der Waals surface area contributed by atoms with E-state index in [2.05, 4.69) is 15.3 Å². The van der Waals surface area contributed by atoms with E-state index in [-0.39, 0.29) is 5.60 Å². The monoisotopic (exact) mass is 291 g/mol. The SMILES string of the molecule is COC(C)(C)CNc1cc(Cl)nc(-c2ccccc2)n1. The first kappa shape index (κ1) is 14.8. The van der Waals surface area contributed by atoms with Crippen molar-refractivity contribution >= 4 is 17.4 Å². The minimum absolute atomic E-state index is 0.273. The first-order chi connectivity index (χ1) is 9.50. The van der Waals surface area contributed by atoms with Crippen molar-refractivity contribution in [1.29, 1.82) is 0 Å². The maximum absolute atomic E-state index is 6.06. The van der Waals surface area contributed by atoms with Crippen LogP contribution in [-0.4, -0.2) is 29.2 Å². The third-order valence-electron chi connectivity index (χ3n) is 2.97. The Bertz CT molecular complexity index is 573. The fourth-order valence-corrected chi connectivity index (χ4v) is 1.78. The van der Waals surface area contributed by atoms with Crippen molar-refractivity contribution in [3.05, 3.63) is 41.6 Å². The first-order valence-corrected chi connectivity index (χ1v) is 6.77. The summed E-state index contributed by atoms with van der Waals surface area (Å²) in [6.07, 6.45) is 0. The number of rotatable bonds is 5. The molecule has 0 aliphatic rings. The van der Waals surface area contributed by atoms with Crippen LogP contribution in [0.15, 0.2) is 36.4 Å². The summed E-state index contributed by atoms with van der Waals surface area (Å²) in [5.41, 5.74) is 0.661. The van der Waals surface area contributed by atoms with Crippen molar-refractivity contribution in [1.82, 2.24) is 9.97 Å². The van der Waals surface area contributed by atoms with Gasteiger partial charge in [0.05, 0.1) is 5.60 Å². The lowest BCUT2D eigenvalue weighted by atomic mass is 10.1. The third-order valence-corrected chi connectivity index (χ3v) is 3.17. The van der Waals surface area contributed by atoms with Crippen molar-refractivity contribution in [2.24, 2.45) is 0 Å². The minimum atomic E-state index is -0.273. The number of anilines is 1. The predicted octanol–water partition coefficient (Wildman–Crippen LogP) is 3.63. The second-order valence-corrected chi connectivity index (χ2v) is 5.47. The molecule has 0 bridgehead atoms. The van der Waals surface area contributed by atoms with E-state index in [0.29, 0.717) is 23.3 Å². The van der Waals surface area contributed by atoms with Gasteiger partial charge >= 0.3 is 0 Å². The van der Waals surface area contributed by atoms with Crippen LogP contribution >= 0.6 is 11.6 Å². The molecule has 5 heteroatoms. The summed E-state index contributed by atoms with van der Waals surface area (Å²) in [5.74, 6) is 1.30. The van der Waals surface area contributed by atoms with Gasteiger partial charge in [-0.25, -0.2) is 9.97 Å². The highest BCUT2D eigenvalue weighted by molar-refractivity contribution is 6.29. The number of hydrogen-bond donors (Lipinski definition) is 1. The quantitative estimate of drug-likeness (QED) is 0.855. The van der Waals surface area contributed by atoms with E-state index in [4.69, 9.17) is 16.3 Å². The van der Waals surface area contributed by atoms with Crippen molar-refractivity contribution in [3.63, 3.8) is 0 Å². The molecule has 2 rings (SSSR count). The van der Waals surface area contributed by atoms with E-state index in [1.165, 1.54) is 0 Å². The van der Waals surface area contributed by atoms with Gasteiger partial charge in [-0.05, 0) is 13.8 Å². The van der Waals surface area contributed by atoms with Crippen LogP contribution in [0.25, 0.3) is 11.4 Å². The number of halogens is 1. The van der Waals surface area contributed by atoms with Gasteiger partial charge in [0.15, 0.2) is 5.82 Å². The molecule has 0 atom stereocenters. The molecule has 2 aromatic rings. The molecule has 4 nitrogen and oxygen atoms in total. The number of methoxy groups -OCH3 is 1. The maximum Gasteiger partial charge on any atom is 0.163 e. The van der Waals surface area contributed by atoms with Crippen LogP contribution in [0, 0.1) is 0 Å². The summed E-state index contributed by atoms with van der Waals surface area (Å²) in [4.78, 5) is 8.73. The molecule has 0 saturated heterocycles. The molecule has 0 radical (unpaired) electrons. The van der Waals surface area contributed by atoms with Crippen LogP contribution < -0.4 is 5.32 Å². The Morgan fingerprint density at radius 1 is 1.20 bits per heavy atom. The zero-order valence-electron chi connectivity index (χ0n) is 11.9. The van der Waals surface area contributed by atoms with Crippen LogP contribution in [-0.2, 0) is 4.74 Å². The Hall–Kier alpha value is -1.65. The minimum Gasteiger partial charge on any atom is -0.377 e. The number of nitrogens with one attached hydrogen (secondary N) is 1. The average molecular weight is 292 g/mol. The largest absolute Gasteiger partial charge is 0.377 e. The lowest BCUT2D eigenvalue weighted by molar-refractivity contribution is 0.0343. The van der Waals surface area contributed by atoms with E-state index in [1.54, 1.807) is 13.2 Å². The molecule has 0 fully saturated rings. The van der Waals surface area contributed by atoms with E-state index >= 15 is 0 Å². The highest BCUT2D eigenvalue weighted by Gasteiger charge is 2.16. The van der Waals surface area contributed by atoms with Crippen molar-refractivity contribution < 1.29 is 4.74 Å². The summed E-state index contributed by atoms with van der Waals surface area (Å²) in [7, 11) is 1.68. The second-order valence-electron chi connectivity index (χ2n) is 5.08. The fourth-order valence-electron chi connectivity index (χ4n) is 1.60. The number of aromatic nitrogens is 2. The number of hydrogen-bond acceptors (Lipinski definition) is 4. The molecule has 0 spiro atoms. The van der Waals surface area contributed by atoms with Crippen molar-refractivity contribution in [2.75, 3.05) is 19.0 Å². The Labute approximate surface area is 124 Å². The third kappa shape index (κ3) is 3.92. The molecule has 20 heavy (non-hydrogen) atoms. The average Bonchev–Trinajstić information content (AvgIpc) is 2.46. The van der Waals surface area contributed by atoms with Gasteiger partial charge in [-0.1, -0.05) is 41.9 Å². The van der Waals surface area contributed by atoms with Crippen LogP contribution in [0.3, 0.4) is 0 Å². The molecule has 1 heterocycles. The molecular formula is C15H18ClN3O. The normalized spacial score (nSPS) is 11.4.